The van der Waals surface area contributed by atoms with Crippen LogP contribution in [0.5, 0.6) is 0 Å². The van der Waals surface area contributed by atoms with Crippen LogP contribution in [0.15, 0.2) is 40.8 Å². The first kappa shape index (κ1) is 20.6. The average Bonchev–Trinajstić information content (AvgIpc) is 2.94. The fourth-order valence-corrected chi connectivity index (χ4v) is 4.82. The zero-order valence-electron chi connectivity index (χ0n) is 15.8. The highest BCUT2D eigenvalue weighted by Crippen LogP contribution is 2.29. The molecule has 1 N–H and O–H groups in total. The molecule has 0 aliphatic heterocycles. The number of benzene rings is 1. The van der Waals surface area contributed by atoms with Gasteiger partial charge in [-0.2, -0.15) is 0 Å². The second-order valence-corrected chi connectivity index (χ2v) is 8.86. The van der Waals surface area contributed by atoms with Crippen LogP contribution >= 0.6 is 34.7 Å². The molecular weight excluding hydrogens is 414 g/mol. The van der Waals surface area contributed by atoms with Crippen LogP contribution in [0.3, 0.4) is 0 Å². The summed E-state index contributed by atoms with van der Waals surface area (Å²) in [4.78, 5) is 31.8. The SMILES string of the molecule is C=CCn1c(SCC(=O)Nc2cccc(Cl)c2C)nc2sc(C)c(C)c2c1=O. The molecule has 0 atom stereocenters. The summed E-state index contributed by atoms with van der Waals surface area (Å²) in [6, 6.07) is 5.37. The van der Waals surface area contributed by atoms with Crippen LogP contribution in [-0.4, -0.2) is 21.2 Å². The number of fused-ring (bicyclic) bond motifs is 1. The van der Waals surface area contributed by atoms with Crippen LogP contribution in [0.1, 0.15) is 16.0 Å². The molecule has 0 unspecified atom stereocenters. The smallest absolute Gasteiger partial charge is 0.263 e. The fraction of sp³-hybridized carbons (Fsp3) is 0.250. The predicted molar refractivity (Wildman–Crippen MR) is 119 cm³/mol. The number of nitrogens with zero attached hydrogens (tertiary/aromatic N) is 2. The van der Waals surface area contributed by atoms with Crippen LogP contribution in [-0.2, 0) is 11.3 Å². The molecule has 1 aromatic carbocycles. The molecule has 0 radical (unpaired) electrons. The van der Waals surface area contributed by atoms with Gasteiger partial charge in [-0.1, -0.05) is 35.5 Å². The van der Waals surface area contributed by atoms with E-state index in [1.807, 2.05) is 20.8 Å². The lowest BCUT2D eigenvalue weighted by Gasteiger charge is -2.11. The normalized spacial score (nSPS) is 11.0. The van der Waals surface area contributed by atoms with Crippen molar-refractivity contribution in [1.82, 2.24) is 9.55 Å². The molecule has 0 aliphatic carbocycles. The molecule has 0 bridgehead atoms. The molecule has 0 aliphatic rings. The molecule has 1 amide bonds. The molecule has 2 heterocycles. The Balaban J connectivity index is 1.86. The minimum Gasteiger partial charge on any atom is -0.325 e. The van der Waals surface area contributed by atoms with Crippen molar-refractivity contribution in [2.24, 2.45) is 0 Å². The van der Waals surface area contributed by atoms with Crippen LogP contribution in [0, 0.1) is 20.8 Å². The van der Waals surface area contributed by atoms with Crippen molar-refractivity contribution in [3.8, 4) is 0 Å². The number of carbonyl (C=O) groups excluding carboxylic acids is 1. The van der Waals surface area contributed by atoms with Crippen molar-refractivity contribution in [2.75, 3.05) is 11.1 Å². The molecule has 3 aromatic rings. The van der Waals surface area contributed by atoms with E-state index in [9.17, 15) is 9.59 Å². The Labute approximate surface area is 176 Å². The number of rotatable bonds is 6. The number of hydrogen-bond acceptors (Lipinski definition) is 5. The van der Waals surface area contributed by atoms with Crippen LogP contribution in [0.2, 0.25) is 5.02 Å². The number of nitrogens with one attached hydrogen (secondary N) is 1. The molecule has 28 heavy (non-hydrogen) atoms. The number of allylic oxidation sites excluding steroid dienone is 1. The van der Waals surface area contributed by atoms with Gasteiger partial charge in [-0.3, -0.25) is 14.2 Å². The standard InChI is InChI=1S/C20H20ClN3O2S2/c1-5-9-24-19(26)17-11(2)13(4)28-18(17)23-20(24)27-10-16(25)22-15-8-6-7-14(21)12(15)3/h5-8H,1,9-10H2,2-4H3,(H,22,25). The minimum absolute atomic E-state index is 0.0969. The maximum atomic E-state index is 12.9. The summed E-state index contributed by atoms with van der Waals surface area (Å²) in [5.41, 5.74) is 2.35. The Morgan fingerprint density at radius 1 is 1.36 bits per heavy atom. The lowest BCUT2D eigenvalue weighted by atomic mass is 10.2. The average molecular weight is 434 g/mol. The number of thioether (sulfide) groups is 1. The van der Waals surface area contributed by atoms with Crippen molar-refractivity contribution in [2.45, 2.75) is 32.5 Å². The van der Waals surface area contributed by atoms with Gasteiger partial charge < -0.3 is 5.32 Å². The van der Waals surface area contributed by atoms with E-state index in [4.69, 9.17) is 11.6 Å². The predicted octanol–water partition coefficient (Wildman–Crippen LogP) is 4.95. The molecule has 8 heteroatoms. The van der Waals surface area contributed by atoms with Gasteiger partial charge in [0.2, 0.25) is 5.91 Å². The van der Waals surface area contributed by atoms with Gasteiger partial charge in [-0.05, 0) is 44.0 Å². The van der Waals surface area contributed by atoms with Gasteiger partial charge in [0.05, 0.1) is 11.1 Å². The molecular formula is C20H20ClN3O2S2. The number of aryl methyl sites for hydroxylation is 2. The molecule has 5 nitrogen and oxygen atoms in total. The van der Waals surface area contributed by atoms with E-state index in [-0.39, 0.29) is 17.2 Å². The maximum absolute atomic E-state index is 12.9. The lowest BCUT2D eigenvalue weighted by molar-refractivity contribution is -0.113. The molecule has 2 aromatic heterocycles. The third-order valence-corrected chi connectivity index (χ3v) is 6.93. The van der Waals surface area contributed by atoms with E-state index in [2.05, 4.69) is 16.9 Å². The Morgan fingerprint density at radius 2 is 2.11 bits per heavy atom. The maximum Gasteiger partial charge on any atom is 0.263 e. The Bertz CT molecular complexity index is 1130. The summed E-state index contributed by atoms with van der Waals surface area (Å²) in [7, 11) is 0. The Hall–Kier alpha value is -2.09. The van der Waals surface area contributed by atoms with Crippen LogP contribution < -0.4 is 10.9 Å². The molecule has 0 fully saturated rings. The van der Waals surface area contributed by atoms with Gasteiger partial charge in [-0.25, -0.2) is 4.98 Å². The lowest BCUT2D eigenvalue weighted by Crippen LogP contribution is -2.23. The molecule has 146 valence electrons. The van der Waals surface area contributed by atoms with Gasteiger partial charge in [0, 0.05) is 22.1 Å². The first-order chi connectivity index (χ1) is 13.3. The van der Waals surface area contributed by atoms with Gasteiger partial charge in [-0.15, -0.1) is 17.9 Å². The van der Waals surface area contributed by atoms with Gasteiger partial charge in [0.15, 0.2) is 5.16 Å². The molecule has 0 saturated heterocycles. The van der Waals surface area contributed by atoms with Crippen molar-refractivity contribution in [3.63, 3.8) is 0 Å². The van der Waals surface area contributed by atoms with E-state index in [0.29, 0.717) is 32.6 Å². The number of anilines is 1. The summed E-state index contributed by atoms with van der Waals surface area (Å²) < 4.78 is 1.57. The number of hydrogen-bond donors (Lipinski definition) is 1. The third-order valence-electron chi connectivity index (χ3n) is 4.44. The van der Waals surface area contributed by atoms with E-state index in [1.165, 1.54) is 23.1 Å². The minimum atomic E-state index is -0.187. The van der Waals surface area contributed by atoms with Crippen LogP contribution in [0.4, 0.5) is 5.69 Å². The highest BCUT2D eigenvalue weighted by atomic mass is 35.5. The topological polar surface area (TPSA) is 64.0 Å². The second kappa shape index (κ2) is 8.51. The van der Waals surface area contributed by atoms with Crippen molar-refractivity contribution in [3.05, 3.63) is 62.2 Å². The summed E-state index contributed by atoms with van der Waals surface area (Å²) in [6.45, 7) is 9.83. The van der Waals surface area contributed by atoms with Gasteiger partial charge in [0.1, 0.15) is 4.83 Å². The summed E-state index contributed by atoms with van der Waals surface area (Å²) in [5, 5.41) is 4.62. The van der Waals surface area contributed by atoms with Gasteiger partial charge in [0.25, 0.3) is 5.56 Å². The Morgan fingerprint density at radius 3 is 2.82 bits per heavy atom. The highest BCUT2D eigenvalue weighted by molar-refractivity contribution is 7.99. The number of thiophene rings is 1. The summed E-state index contributed by atoms with van der Waals surface area (Å²) in [6.07, 6.45) is 1.66. The zero-order valence-corrected chi connectivity index (χ0v) is 18.2. The van der Waals surface area contributed by atoms with Gasteiger partial charge >= 0.3 is 0 Å². The fourth-order valence-electron chi connectivity index (χ4n) is 2.77. The second-order valence-electron chi connectivity index (χ2n) is 6.31. The molecule has 0 saturated carbocycles. The van der Waals surface area contributed by atoms with E-state index in [1.54, 1.807) is 28.8 Å². The summed E-state index contributed by atoms with van der Waals surface area (Å²) in [5.74, 6) is -0.0573. The summed E-state index contributed by atoms with van der Waals surface area (Å²) >= 11 is 8.83. The first-order valence-corrected chi connectivity index (χ1v) is 10.8. The zero-order chi connectivity index (χ0) is 20.4. The van der Waals surface area contributed by atoms with Crippen molar-refractivity contribution >= 4 is 56.5 Å². The monoisotopic (exact) mass is 433 g/mol. The van der Waals surface area contributed by atoms with E-state index in [0.717, 1.165) is 16.0 Å². The third kappa shape index (κ3) is 4.01. The van der Waals surface area contributed by atoms with Crippen molar-refractivity contribution < 1.29 is 4.79 Å². The van der Waals surface area contributed by atoms with E-state index >= 15 is 0 Å². The number of halogens is 1. The quantitative estimate of drug-likeness (QED) is 0.339. The highest BCUT2D eigenvalue weighted by Gasteiger charge is 2.17. The molecule has 3 rings (SSSR count). The number of amides is 1. The van der Waals surface area contributed by atoms with Crippen LogP contribution in [0.25, 0.3) is 10.2 Å². The van der Waals surface area contributed by atoms with Crippen molar-refractivity contribution in [1.29, 1.82) is 0 Å². The first-order valence-electron chi connectivity index (χ1n) is 8.62. The Kier molecular flexibility index (Phi) is 6.27. The molecule has 0 spiro atoms. The number of aromatic nitrogens is 2. The number of carbonyl (C=O) groups is 1. The van der Waals surface area contributed by atoms with E-state index < -0.39 is 0 Å². The largest absolute Gasteiger partial charge is 0.325 e.